The molecule has 3 nitrogen and oxygen atoms in total. The normalized spacial score (nSPS) is 10.3. The van der Waals surface area contributed by atoms with E-state index in [1.165, 1.54) is 0 Å². The topological polar surface area (TPSA) is 33.3 Å². The Balaban J connectivity index is 2.03. The first-order chi connectivity index (χ1) is 10.7. The Hall–Kier alpha value is -1.27. The van der Waals surface area contributed by atoms with E-state index >= 15 is 0 Å². The highest BCUT2D eigenvalue weighted by molar-refractivity contribution is 7.99. The van der Waals surface area contributed by atoms with Gasteiger partial charge in [-0.2, -0.15) is 0 Å². The molecule has 2 rings (SSSR count). The molecule has 0 heterocycles. The number of hydrogen-bond donors (Lipinski definition) is 2. The first-order valence-corrected chi connectivity index (χ1v) is 8.35. The van der Waals surface area contributed by atoms with Crippen LogP contribution in [0.5, 0.6) is 0 Å². The number of nitrogens with one attached hydrogen (secondary N) is 2. The van der Waals surface area contributed by atoms with Gasteiger partial charge in [-0.1, -0.05) is 35.5 Å². The first kappa shape index (κ1) is 17.1. The third kappa shape index (κ3) is 5.50. The summed E-state index contributed by atoms with van der Waals surface area (Å²) in [6, 6.07) is 15.8. The Morgan fingerprint density at radius 3 is 2.64 bits per heavy atom. The van der Waals surface area contributed by atoms with Crippen molar-refractivity contribution in [1.29, 1.82) is 0 Å². The highest BCUT2D eigenvalue weighted by Gasteiger charge is 2.05. The fraction of sp³-hybridized carbons (Fsp3) is 0.188. The van der Waals surface area contributed by atoms with E-state index in [4.69, 9.17) is 28.6 Å². The Labute approximate surface area is 145 Å². The zero-order valence-corrected chi connectivity index (χ0v) is 14.5. The second-order valence-corrected chi connectivity index (χ2v) is 6.39. The van der Waals surface area contributed by atoms with E-state index in [0.717, 1.165) is 20.5 Å². The van der Waals surface area contributed by atoms with E-state index in [2.05, 4.69) is 16.7 Å². The van der Waals surface area contributed by atoms with Crippen molar-refractivity contribution >= 4 is 46.4 Å². The molecule has 2 aromatic carbocycles. The summed E-state index contributed by atoms with van der Waals surface area (Å²) >= 11 is 12.9. The average Bonchev–Trinajstić information content (AvgIpc) is 2.52. The molecule has 0 aliphatic carbocycles. The van der Waals surface area contributed by atoms with Gasteiger partial charge in [0.25, 0.3) is 0 Å². The standard InChI is InChI=1S/C16H17ClN2OS2/c1-20-11-10-18-16(21)19-14-4-2-3-5-15(14)22-13-8-6-12(17)7-9-13/h2-9H,10-11H2,1H3,(H2,18,19,21). The molecule has 0 unspecified atom stereocenters. The minimum Gasteiger partial charge on any atom is -0.383 e. The largest absolute Gasteiger partial charge is 0.383 e. The number of benzene rings is 2. The molecule has 0 aliphatic heterocycles. The lowest BCUT2D eigenvalue weighted by Gasteiger charge is -2.13. The summed E-state index contributed by atoms with van der Waals surface area (Å²) in [5.41, 5.74) is 0.970. The fourth-order valence-electron chi connectivity index (χ4n) is 1.72. The zero-order valence-electron chi connectivity index (χ0n) is 12.1. The monoisotopic (exact) mass is 352 g/mol. The van der Waals surface area contributed by atoms with Gasteiger partial charge in [0.1, 0.15) is 0 Å². The number of thiocarbonyl (C=S) groups is 1. The zero-order chi connectivity index (χ0) is 15.8. The molecular weight excluding hydrogens is 336 g/mol. The maximum absolute atomic E-state index is 5.92. The molecule has 0 fully saturated rings. The lowest BCUT2D eigenvalue weighted by Crippen LogP contribution is -2.31. The van der Waals surface area contributed by atoms with Crippen molar-refractivity contribution in [2.45, 2.75) is 9.79 Å². The predicted molar refractivity (Wildman–Crippen MR) is 98.1 cm³/mol. The molecule has 0 radical (unpaired) electrons. The van der Waals surface area contributed by atoms with Crippen molar-refractivity contribution in [2.24, 2.45) is 0 Å². The van der Waals surface area contributed by atoms with Crippen LogP contribution >= 0.6 is 35.6 Å². The van der Waals surface area contributed by atoms with Crippen molar-refractivity contribution < 1.29 is 4.74 Å². The summed E-state index contributed by atoms with van der Waals surface area (Å²) in [4.78, 5) is 2.22. The van der Waals surface area contributed by atoms with E-state index < -0.39 is 0 Å². The van der Waals surface area contributed by atoms with Crippen LogP contribution in [-0.2, 0) is 4.74 Å². The maximum atomic E-state index is 5.92. The van der Waals surface area contributed by atoms with Gasteiger partial charge in [-0.3, -0.25) is 0 Å². The molecule has 116 valence electrons. The van der Waals surface area contributed by atoms with E-state index in [1.54, 1.807) is 18.9 Å². The molecular formula is C16H17ClN2OS2. The molecule has 0 amide bonds. The van der Waals surface area contributed by atoms with Gasteiger partial charge < -0.3 is 15.4 Å². The minimum atomic E-state index is 0.584. The summed E-state index contributed by atoms with van der Waals surface area (Å²) in [6.45, 7) is 1.29. The van der Waals surface area contributed by atoms with Crippen molar-refractivity contribution in [1.82, 2.24) is 5.32 Å². The van der Waals surface area contributed by atoms with Crippen LogP contribution in [0.2, 0.25) is 5.02 Å². The Bertz CT molecular complexity index is 620. The number of hydrogen-bond acceptors (Lipinski definition) is 3. The smallest absolute Gasteiger partial charge is 0.170 e. The first-order valence-electron chi connectivity index (χ1n) is 6.75. The molecule has 0 aliphatic rings. The molecule has 22 heavy (non-hydrogen) atoms. The molecule has 0 saturated heterocycles. The van der Waals surface area contributed by atoms with Gasteiger partial charge in [0, 0.05) is 28.5 Å². The number of anilines is 1. The van der Waals surface area contributed by atoms with Gasteiger partial charge >= 0.3 is 0 Å². The number of para-hydroxylation sites is 1. The lowest BCUT2D eigenvalue weighted by atomic mass is 10.3. The molecule has 0 aromatic heterocycles. The second kappa shape index (κ2) is 9.00. The van der Waals surface area contributed by atoms with Crippen molar-refractivity contribution in [3.63, 3.8) is 0 Å². The van der Waals surface area contributed by atoms with Crippen LogP contribution in [-0.4, -0.2) is 25.4 Å². The fourth-order valence-corrected chi connectivity index (χ4v) is 2.96. The van der Waals surface area contributed by atoms with Gasteiger partial charge in [0.2, 0.25) is 0 Å². The van der Waals surface area contributed by atoms with E-state index in [-0.39, 0.29) is 0 Å². The van der Waals surface area contributed by atoms with Crippen LogP contribution in [0, 0.1) is 0 Å². The summed E-state index contributed by atoms with van der Waals surface area (Å²) in [5.74, 6) is 0. The Morgan fingerprint density at radius 1 is 1.18 bits per heavy atom. The lowest BCUT2D eigenvalue weighted by molar-refractivity contribution is 0.204. The van der Waals surface area contributed by atoms with Crippen LogP contribution in [0.1, 0.15) is 0 Å². The van der Waals surface area contributed by atoms with Crippen LogP contribution in [0.25, 0.3) is 0 Å². The quantitative estimate of drug-likeness (QED) is 0.594. The third-order valence-corrected chi connectivity index (χ3v) is 4.35. The molecule has 0 spiro atoms. The van der Waals surface area contributed by atoms with E-state index in [1.807, 2.05) is 42.5 Å². The third-order valence-electron chi connectivity index (χ3n) is 2.77. The Kier molecular flexibility index (Phi) is 6.99. The van der Waals surface area contributed by atoms with Crippen LogP contribution < -0.4 is 10.6 Å². The van der Waals surface area contributed by atoms with Crippen LogP contribution in [0.3, 0.4) is 0 Å². The summed E-state index contributed by atoms with van der Waals surface area (Å²) in [6.07, 6.45) is 0. The molecule has 0 saturated carbocycles. The maximum Gasteiger partial charge on any atom is 0.170 e. The van der Waals surface area contributed by atoms with Crippen LogP contribution in [0.15, 0.2) is 58.3 Å². The number of halogens is 1. The molecule has 0 atom stereocenters. The highest BCUT2D eigenvalue weighted by Crippen LogP contribution is 2.33. The van der Waals surface area contributed by atoms with Gasteiger partial charge in [-0.15, -0.1) is 0 Å². The van der Waals surface area contributed by atoms with Gasteiger partial charge in [-0.25, -0.2) is 0 Å². The van der Waals surface area contributed by atoms with Crippen molar-refractivity contribution in [2.75, 3.05) is 25.6 Å². The molecule has 2 N–H and O–H groups in total. The highest BCUT2D eigenvalue weighted by atomic mass is 35.5. The minimum absolute atomic E-state index is 0.584. The van der Waals surface area contributed by atoms with E-state index in [0.29, 0.717) is 18.3 Å². The summed E-state index contributed by atoms with van der Waals surface area (Å²) in [7, 11) is 1.66. The molecule has 6 heteroatoms. The molecule has 0 bridgehead atoms. The number of ether oxygens (including phenoxy) is 1. The SMILES string of the molecule is COCCNC(=S)Nc1ccccc1Sc1ccc(Cl)cc1. The Morgan fingerprint density at radius 2 is 1.91 bits per heavy atom. The van der Waals surface area contributed by atoms with Gasteiger partial charge in [0.05, 0.1) is 12.3 Å². The predicted octanol–water partition coefficient (Wildman–Crippen LogP) is 4.42. The summed E-state index contributed by atoms with van der Waals surface area (Å²) < 4.78 is 4.99. The average molecular weight is 353 g/mol. The summed E-state index contributed by atoms with van der Waals surface area (Å²) in [5, 5.41) is 7.64. The van der Waals surface area contributed by atoms with Crippen molar-refractivity contribution in [3.8, 4) is 0 Å². The number of rotatable bonds is 6. The van der Waals surface area contributed by atoms with Gasteiger partial charge in [0.15, 0.2) is 5.11 Å². The van der Waals surface area contributed by atoms with Crippen molar-refractivity contribution in [3.05, 3.63) is 53.6 Å². The molecule has 2 aromatic rings. The number of methoxy groups -OCH3 is 1. The second-order valence-electron chi connectivity index (χ2n) is 4.43. The van der Waals surface area contributed by atoms with Crippen LogP contribution in [0.4, 0.5) is 5.69 Å². The van der Waals surface area contributed by atoms with Gasteiger partial charge in [-0.05, 0) is 48.6 Å². The van der Waals surface area contributed by atoms with E-state index in [9.17, 15) is 0 Å².